The summed E-state index contributed by atoms with van der Waals surface area (Å²) in [5.41, 5.74) is 8.29. The molecule has 3 rings (SSSR count). The van der Waals surface area contributed by atoms with Crippen molar-refractivity contribution in [3.63, 3.8) is 0 Å². The maximum absolute atomic E-state index is 12.9. The van der Waals surface area contributed by atoms with Gasteiger partial charge in [-0.3, -0.25) is 4.79 Å². The zero-order chi connectivity index (χ0) is 19.4. The fraction of sp³-hybridized carbons (Fsp3) is 0.208. The van der Waals surface area contributed by atoms with Crippen molar-refractivity contribution in [2.45, 2.75) is 27.3 Å². The Kier molecular flexibility index (Phi) is 5.60. The van der Waals surface area contributed by atoms with Crippen LogP contribution in [0.25, 0.3) is 11.1 Å². The smallest absolute Gasteiger partial charge is 0.251 e. The van der Waals surface area contributed by atoms with Gasteiger partial charge in [-0.1, -0.05) is 54.1 Å². The highest BCUT2D eigenvalue weighted by Crippen LogP contribution is 2.29. The summed E-state index contributed by atoms with van der Waals surface area (Å²) >= 11 is 0. The van der Waals surface area contributed by atoms with E-state index in [1.165, 1.54) is 11.1 Å². The van der Waals surface area contributed by atoms with Crippen LogP contribution in [0.5, 0.6) is 0 Å². The van der Waals surface area contributed by atoms with Crippen molar-refractivity contribution in [3.05, 3.63) is 88.5 Å². The fourth-order valence-electron chi connectivity index (χ4n) is 3.20. The summed E-state index contributed by atoms with van der Waals surface area (Å²) in [6, 6.07) is 20.5. The standard InChI is InChI=1S/C24H26N2O/c1-16-9-11-19(12-10-16)21-13-22(18(3)23(14-21)25-4)24(27)26-15-20-8-6-5-7-17(20)2/h5-14,25H,15H2,1-4H3,(H,26,27). The predicted molar refractivity (Wildman–Crippen MR) is 113 cm³/mol. The topological polar surface area (TPSA) is 41.1 Å². The molecule has 0 fully saturated rings. The second-order valence-electron chi connectivity index (χ2n) is 6.92. The number of hydrogen-bond donors (Lipinski definition) is 2. The first kappa shape index (κ1) is 18.7. The number of nitrogens with one attached hydrogen (secondary N) is 2. The summed E-state index contributed by atoms with van der Waals surface area (Å²) < 4.78 is 0. The van der Waals surface area contributed by atoms with Crippen molar-refractivity contribution in [1.82, 2.24) is 5.32 Å². The fourth-order valence-corrected chi connectivity index (χ4v) is 3.20. The maximum atomic E-state index is 12.9. The van der Waals surface area contributed by atoms with Gasteiger partial charge in [-0.05, 0) is 60.7 Å². The molecule has 0 aromatic heterocycles. The van der Waals surface area contributed by atoms with E-state index in [4.69, 9.17) is 0 Å². The van der Waals surface area contributed by atoms with Crippen LogP contribution < -0.4 is 10.6 Å². The SMILES string of the molecule is CNc1cc(-c2ccc(C)cc2)cc(C(=O)NCc2ccccc2C)c1C. The Balaban J connectivity index is 1.91. The van der Waals surface area contributed by atoms with Gasteiger partial charge in [0.15, 0.2) is 0 Å². The van der Waals surface area contributed by atoms with Gasteiger partial charge in [0.05, 0.1) is 0 Å². The molecule has 2 N–H and O–H groups in total. The molecule has 1 amide bonds. The van der Waals surface area contributed by atoms with Gasteiger partial charge < -0.3 is 10.6 Å². The number of carbonyl (C=O) groups is 1. The molecular weight excluding hydrogens is 332 g/mol. The summed E-state index contributed by atoms with van der Waals surface area (Å²) in [5.74, 6) is -0.0544. The third-order valence-electron chi connectivity index (χ3n) is 5.01. The molecule has 0 atom stereocenters. The van der Waals surface area contributed by atoms with E-state index in [-0.39, 0.29) is 5.91 Å². The van der Waals surface area contributed by atoms with Crippen molar-refractivity contribution in [2.75, 3.05) is 12.4 Å². The Morgan fingerprint density at radius 2 is 1.59 bits per heavy atom. The number of amides is 1. The van der Waals surface area contributed by atoms with Crippen LogP contribution >= 0.6 is 0 Å². The summed E-state index contributed by atoms with van der Waals surface area (Å²) in [4.78, 5) is 12.9. The summed E-state index contributed by atoms with van der Waals surface area (Å²) in [6.45, 7) is 6.63. The summed E-state index contributed by atoms with van der Waals surface area (Å²) in [6.07, 6.45) is 0. The second kappa shape index (κ2) is 8.09. The third kappa shape index (κ3) is 4.20. The Hall–Kier alpha value is -3.07. The zero-order valence-corrected chi connectivity index (χ0v) is 16.4. The van der Waals surface area contributed by atoms with Gasteiger partial charge in [-0.25, -0.2) is 0 Å². The van der Waals surface area contributed by atoms with E-state index in [1.54, 1.807) is 0 Å². The minimum Gasteiger partial charge on any atom is -0.388 e. The Bertz CT molecular complexity index is 959. The first-order chi connectivity index (χ1) is 13.0. The highest BCUT2D eigenvalue weighted by Gasteiger charge is 2.14. The number of benzene rings is 3. The first-order valence-electron chi connectivity index (χ1n) is 9.21. The lowest BCUT2D eigenvalue weighted by Gasteiger charge is -2.15. The van der Waals surface area contributed by atoms with E-state index in [2.05, 4.69) is 60.9 Å². The molecule has 3 aromatic carbocycles. The molecule has 0 spiro atoms. The van der Waals surface area contributed by atoms with E-state index in [1.807, 2.05) is 38.2 Å². The molecule has 0 saturated heterocycles. The van der Waals surface area contributed by atoms with Crippen molar-refractivity contribution in [1.29, 1.82) is 0 Å². The van der Waals surface area contributed by atoms with Gasteiger partial charge >= 0.3 is 0 Å². The molecular formula is C24H26N2O. The largest absolute Gasteiger partial charge is 0.388 e. The van der Waals surface area contributed by atoms with Crippen LogP contribution in [0.1, 0.15) is 32.6 Å². The highest BCUT2D eigenvalue weighted by atomic mass is 16.1. The summed E-state index contributed by atoms with van der Waals surface area (Å²) in [7, 11) is 1.89. The minimum absolute atomic E-state index is 0.0544. The van der Waals surface area contributed by atoms with Crippen LogP contribution in [-0.4, -0.2) is 13.0 Å². The average molecular weight is 358 g/mol. The van der Waals surface area contributed by atoms with Gasteiger partial charge in [0.2, 0.25) is 0 Å². The quantitative estimate of drug-likeness (QED) is 0.654. The van der Waals surface area contributed by atoms with Crippen LogP contribution in [0.3, 0.4) is 0 Å². The van der Waals surface area contributed by atoms with E-state index in [0.717, 1.165) is 27.9 Å². The Morgan fingerprint density at radius 3 is 2.26 bits per heavy atom. The van der Waals surface area contributed by atoms with Crippen LogP contribution in [0, 0.1) is 20.8 Å². The number of rotatable bonds is 5. The van der Waals surface area contributed by atoms with E-state index >= 15 is 0 Å². The van der Waals surface area contributed by atoms with Gasteiger partial charge in [-0.2, -0.15) is 0 Å². The molecule has 0 saturated carbocycles. The van der Waals surface area contributed by atoms with Crippen LogP contribution in [-0.2, 0) is 6.54 Å². The van der Waals surface area contributed by atoms with Gasteiger partial charge in [-0.15, -0.1) is 0 Å². The molecule has 3 aromatic rings. The molecule has 138 valence electrons. The van der Waals surface area contributed by atoms with Gasteiger partial charge in [0, 0.05) is 24.8 Å². The second-order valence-corrected chi connectivity index (χ2v) is 6.92. The van der Waals surface area contributed by atoms with E-state index in [9.17, 15) is 4.79 Å². The molecule has 0 aliphatic rings. The number of carbonyl (C=O) groups excluding carboxylic acids is 1. The van der Waals surface area contributed by atoms with Gasteiger partial charge in [0.1, 0.15) is 0 Å². The van der Waals surface area contributed by atoms with E-state index in [0.29, 0.717) is 12.1 Å². The lowest BCUT2D eigenvalue weighted by atomic mass is 9.96. The Labute approximate surface area is 161 Å². The number of anilines is 1. The highest BCUT2D eigenvalue weighted by molar-refractivity contribution is 5.98. The van der Waals surface area contributed by atoms with E-state index < -0.39 is 0 Å². The molecule has 0 heterocycles. The van der Waals surface area contributed by atoms with Crippen LogP contribution in [0.2, 0.25) is 0 Å². The van der Waals surface area contributed by atoms with Crippen LogP contribution in [0.15, 0.2) is 60.7 Å². The third-order valence-corrected chi connectivity index (χ3v) is 5.01. The predicted octanol–water partition coefficient (Wildman–Crippen LogP) is 5.25. The van der Waals surface area contributed by atoms with Crippen LogP contribution in [0.4, 0.5) is 5.69 Å². The molecule has 0 aliphatic heterocycles. The van der Waals surface area contributed by atoms with Crippen molar-refractivity contribution >= 4 is 11.6 Å². The first-order valence-corrected chi connectivity index (χ1v) is 9.21. The van der Waals surface area contributed by atoms with Gasteiger partial charge in [0.25, 0.3) is 5.91 Å². The Morgan fingerprint density at radius 1 is 0.889 bits per heavy atom. The molecule has 3 nitrogen and oxygen atoms in total. The van der Waals surface area contributed by atoms with Crippen molar-refractivity contribution < 1.29 is 4.79 Å². The molecule has 3 heteroatoms. The minimum atomic E-state index is -0.0544. The average Bonchev–Trinajstić information content (AvgIpc) is 2.68. The van der Waals surface area contributed by atoms with Crippen molar-refractivity contribution in [2.24, 2.45) is 0 Å². The number of hydrogen-bond acceptors (Lipinski definition) is 2. The lowest BCUT2D eigenvalue weighted by Crippen LogP contribution is -2.24. The molecule has 0 bridgehead atoms. The molecule has 0 radical (unpaired) electrons. The van der Waals surface area contributed by atoms with Crippen molar-refractivity contribution in [3.8, 4) is 11.1 Å². The monoisotopic (exact) mass is 358 g/mol. The maximum Gasteiger partial charge on any atom is 0.251 e. The zero-order valence-electron chi connectivity index (χ0n) is 16.4. The number of aryl methyl sites for hydroxylation is 2. The summed E-state index contributed by atoms with van der Waals surface area (Å²) in [5, 5.41) is 6.28. The molecule has 27 heavy (non-hydrogen) atoms. The normalized spacial score (nSPS) is 10.5. The molecule has 0 aliphatic carbocycles. The molecule has 0 unspecified atom stereocenters. The lowest BCUT2D eigenvalue weighted by molar-refractivity contribution is 0.0950.